The fourth-order valence-corrected chi connectivity index (χ4v) is 2.79. The number of hydrogen-bond donors (Lipinski definition) is 0. The van der Waals surface area contributed by atoms with Gasteiger partial charge in [0.1, 0.15) is 11.9 Å². The Bertz CT molecular complexity index is 739. The van der Waals surface area contributed by atoms with Gasteiger partial charge in [0.15, 0.2) is 0 Å². The Balaban J connectivity index is 0.00000420. The summed E-state index contributed by atoms with van der Waals surface area (Å²) >= 11 is 0. The third-order valence-corrected chi connectivity index (χ3v) is 4.33. The molecule has 0 fully saturated rings. The van der Waals surface area contributed by atoms with E-state index in [0.29, 0.717) is 31.7 Å². The average Bonchev–Trinajstić information content (AvgIpc) is 2.65. The molecule has 29 heavy (non-hydrogen) atoms. The minimum absolute atomic E-state index is 0. The van der Waals surface area contributed by atoms with Crippen LogP contribution in [0, 0.1) is 0 Å². The number of aliphatic carboxylic acids is 1. The van der Waals surface area contributed by atoms with Crippen LogP contribution < -0.4 is 28.7 Å². The molecule has 0 amide bonds. The number of nitrogens with zero attached hydrogens (tertiary/aromatic N) is 1. The second-order valence-electron chi connectivity index (χ2n) is 6.61. The molecule has 0 N–H and O–H groups in total. The first-order valence-corrected chi connectivity index (χ1v) is 9.03. The van der Waals surface area contributed by atoms with Gasteiger partial charge in [0, 0.05) is 18.9 Å². The summed E-state index contributed by atoms with van der Waals surface area (Å²) in [7, 11) is 1.88. The predicted molar refractivity (Wildman–Crippen MR) is 97.6 cm³/mol. The van der Waals surface area contributed by atoms with E-state index in [4.69, 9.17) is 4.74 Å². The molecular weight excluding hydrogens is 378 g/mol. The van der Waals surface area contributed by atoms with E-state index < -0.39 is 17.7 Å². The average molecular weight is 401 g/mol. The SMILES string of the molecule is CN(CCCC(=O)[O-])CC[C@H](Oc1ccc(C(F)(F)F)cc1)c1ccccc1.[Li+]. The number of ether oxygens (including phenoxy) is 1. The van der Waals surface area contributed by atoms with Gasteiger partial charge in [-0.3, -0.25) is 0 Å². The van der Waals surface area contributed by atoms with Crippen molar-refractivity contribution in [1.82, 2.24) is 4.90 Å². The summed E-state index contributed by atoms with van der Waals surface area (Å²) in [4.78, 5) is 12.5. The third kappa shape index (κ3) is 8.95. The number of carbonyl (C=O) groups is 1. The smallest absolute Gasteiger partial charge is 0.550 e. The van der Waals surface area contributed by atoms with Gasteiger partial charge in [0.25, 0.3) is 0 Å². The van der Waals surface area contributed by atoms with Gasteiger partial charge < -0.3 is 19.5 Å². The standard InChI is InChI=1S/C21H24F3NO3.Li/c1-25(14-5-8-20(26)27)15-13-19(16-6-3-2-4-7-16)28-18-11-9-17(10-12-18)21(22,23)24;/h2-4,6-7,9-12,19H,5,8,13-15H2,1H3,(H,26,27);/q;+1/p-1/t19-;/m0./s1. The first-order chi connectivity index (χ1) is 13.3. The van der Waals surface area contributed by atoms with Crippen molar-refractivity contribution in [2.45, 2.75) is 31.5 Å². The number of halogens is 3. The van der Waals surface area contributed by atoms with Crippen molar-refractivity contribution in [2.75, 3.05) is 20.1 Å². The van der Waals surface area contributed by atoms with Gasteiger partial charge in [0.05, 0.1) is 5.56 Å². The fraction of sp³-hybridized carbons (Fsp3) is 0.381. The Morgan fingerprint density at radius 2 is 1.69 bits per heavy atom. The first kappa shape index (κ1) is 25.1. The largest absolute Gasteiger partial charge is 1.00 e. The van der Waals surface area contributed by atoms with E-state index >= 15 is 0 Å². The summed E-state index contributed by atoms with van der Waals surface area (Å²) in [5.74, 6) is -0.706. The minimum Gasteiger partial charge on any atom is -0.550 e. The maximum absolute atomic E-state index is 12.7. The molecule has 2 rings (SSSR count). The molecule has 0 aromatic heterocycles. The molecule has 8 heteroatoms. The van der Waals surface area contributed by atoms with Gasteiger partial charge in [-0.2, -0.15) is 13.2 Å². The number of carboxylic acids is 1. The molecule has 0 bridgehead atoms. The van der Waals surface area contributed by atoms with E-state index in [0.717, 1.165) is 17.7 Å². The number of alkyl halides is 3. The molecule has 0 aliphatic heterocycles. The molecule has 0 heterocycles. The van der Waals surface area contributed by atoms with E-state index in [-0.39, 0.29) is 31.4 Å². The second-order valence-corrected chi connectivity index (χ2v) is 6.61. The van der Waals surface area contributed by atoms with Crippen LogP contribution in [0.1, 0.15) is 36.5 Å². The monoisotopic (exact) mass is 401 g/mol. The number of rotatable bonds is 10. The summed E-state index contributed by atoms with van der Waals surface area (Å²) in [5, 5.41) is 10.5. The molecule has 0 unspecified atom stereocenters. The number of benzene rings is 2. The van der Waals surface area contributed by atoms with Crippen LogP contribution in [0.5, 0.6) is 5.75 Å². The van der Waals surface area contributed by atoms with Crippen LogP contribution in [0.15, 0.2) is 54.6 Å². The van der Waals surface area contributed by atoms with Crippen LogP contribution in [-0.4, -0.2) is 31.0 Å². The van der Waals surface area contributed by atoms with Gasteiger partial charge >= 0.3 is 25.0 Å². The molecule has 0 saturated heterocycles. The predicted octanol–water partition coefficient (Wildman–Crippen LogP) is 0.681. The van der Waals surface area contributed by atoms with Crippen LogP contribution in [0.2, 0.25) is 0 Å². The molecular formula is C21H23F3LiNO3. The van der Waals surface area contributed by atoms with Crippen LogP contribution >= 0.6 is 0 Å². The Morgan fingerprint density at radius 1 is 1.07 bits per heavy atom. The topological polar surface area (TPSA) is 52.6 Å². The quantitative estimate of drug-likeness (QED) is 0.550. The maximum Gasteiger partial charge on any atom is 1.00 e. The fourth-order valence-electron chi connectivity index (χ4n) is 2.79. The van der Waals surface area contributed by atoms with Crippen LogP contribution in [0.25, 0.3) is 0 Å². The van der Waals surface area contributed by atoms with Gasteiger partial charge in [0.2, 0.25) is 0 Å². The van der Waals surface area contributed by atoms with E-state index in [1.165, 1.54) is 12.1 Å². The van der Waals surface area contributed by atoms with E-state index in [1.54, 1.807) is 0 Å². The summed E-state index contributed by atoms with van der Waals surface area (Å²) in [5.41, 5.74) is 0.203. The first-order valence-electron chi connectivity index (χ1n) is 9.03. The van der Waals surface area contributed by atoms with E-state index in [1.807, 2.05) is 42.3 Å². The second kappa shape index (κ2) is 11.9. The van der Waals surface area contributed by atoms with Gasteiger partial charge in [-0.05, 0) is 56.3 Å². The van der Waals surface area contributed by atoms with Crippen molar-refractivity contribution in [3.05, 3.63) is 65.7 Å². The summed E-state index contributed by atoms with van der Waals surface area (Å²) in [6.45, 7) is 1.25. The van der Waals surface area contributed by atoms with Crippen molar-refractivity contribution in [2.24, 2.45) is 0 Å². The zero-order valence-electron chi connectivity index (χ0n) is 16.6. The molecule has 2 aromatic rings. The van der Waals surface area contributed by atoms with Crippen LogP contribution in [0.4, 0.5) is 13.2 Å². The Morgan fingerprint density at radius 3 is 2.24 bits per heavy atom. The molecule has 152 valence electrons. The summed E-state index contributed by atoms with van der Waals surface area (Å²) in [6.07, 6.45) is -3.61. The molecule has 4 nitrogen and oxygen atoms in total. The maximum atomic E-state index is 12.7. The van der Waals surface area contributed by atoms with Crippen molar-refractivity contribution < 1.29 is 46.7 Å². The zero-order valence-corrected chi connectivity index (χ0v) is 16.6. The minimum atomic E-state index is -4.38. The van der Waals surface area contributed by atoms with E-state index in [9.17, 15) is 23.1 Å². The third-order valence-electron chi connectivity index (χ3n) is 4.33. The van der Waals surface area contributed by atoms with E-state index in [2.05, 4.69) is 0 Å². The molecule has 1 atom stereocenters. The van der Waals surface area contributed by atoms with Crippen molar-refractivity contribution >= 4 is 5.97 Å². The van der Waals surface area contributed by atoms with Crippen molar-refractivity contribution in [3.8, 4) is 5.75 Å². The Hall–Kier alpha value is -1.94. The van der Waals surface area contributed by atoms with Crippen LogP contribution in [-0.2, 0) is 11.0 Å². The van der Waals surface area contributed by atoms with Crippen molar-refractivity contribution in [1.29, 1.82) is 0 Å². The summed E-state index contributed by atoms with van der Waals surface area (Å²) in [6, 6.07) is 14.1. The van der Waals surface area contributed by atoms with Gasteiger partial charge in [-0.15, -0.1) is 0 Å². The Labute approximate surface area is 180 Å². The molecule has 2 aromatic carbocycles. The molecule has 0 saturated carbocycles. The molecule has 0 radical (unpaired) electrons. The molecule has 0 aliphatic rings. The molecule has 0 aliphatic carbocycles. The molecule has 0 spiro atoms. The van der Waals surface area contributed by atoms with Crippen molar-refractivity contribution in [3.63, 3.8) is 0 Å². The zero-order chi connectivity index (χ0) is 20.6. The van der Waals surface area contributed by atoms with Gasteiger partial charge in [-0.25, -0.2) is 0 Å². The Kier molecular flexibility index (Phi) is 10.3. The van der Waals surface area contributed by atoms with Gasteiger partial charge in [-0.1, -0.05) is 30.3 Å². The number of carboxylic acid groups (broad SMARTS) is 1. The normalized spacial score (nSPS) is 12.3. The van der Waals surface area contributed by atoms with Crippen LogP contribution in [0.3, 0.4) is 0 Å². The summed E-state index contributed by atoms with van der Waals surface area (Å²) < 4.78 is 44.1. The number of hydrogen-bond acceptors (Lipinski definition) is 4. The number of carbonyl (C=O) groups excluding carboxylic acids is 1.